The van der Waals surface area contributed by atoms with E-state index in [0.29, 0.717) is 5.39 Å². The molecule has 0 aliphatic heterocycles. The van der Waals surface area contributed by atoms with E-state index in [1.54, 1.807) is 24.3 Å². The zero-order valence-electron chi connectivity index (χ0n) is 10.0. The molecule has 0 atom stereocenters. The van der Waals surface area contributed by atoms with Gasteiger partial charge >= 0.3 is 11.7 Å². The molecule has 1 heterocycles. The molecule has 0 saturated carbocycles. The van der Waals surface area contributed by atoms with Crippen molar-refractivity contribution in [3.8, 4) is 5.75 Å². The van der Waals surface area contributed by atoms with Crippen molar-refractivity contribution in [3.05, 3.63) is 40.2 Å². The smallest absolute Gasteiger partial charge is 0.349 e. The number of aromatic hydroxyl groups is 1. The second-order valence-corrected chi connectivity index (χ2v) is 3.78. The van der Waals surface area contributed by atoms with Crippen LogP contribution in [0.3, 0.4) is 0 Å². The van der Waals surface area contributed by atoms with E-state index in [0.717, 1.165) is 0 Å². The van der Waals surface area contributed by atoms with E-state index in [2.05, 4.69) is 5.10 Å². The summed E-state index contributed by atoms with van der Waals surface area (Å²) in [7, 11) is 0. The second kappa shape index (κ2) is 4.81. The van der Waals surface area contributed by atoms with Gasteiger partial charge in [-0.15, -0.1) is 0 Å². The van der Waals surface area contributed by atoms with Crippen LogP contribution in [-0.4, -0.2) is 16.8 Å². The lowest BCUT2D eigenvalue weighted by Gasteiger charge is -2.05. The molecule has 0 unspecified atom stereocenters. The van der Waals surface area contributed by atoms with Crippen LogP contribution in [0.4, 0.5) is 4.79 Å². The summed E-state index contributed by atoms with van der Waals surface area (Å²) in [5.74, 6) is -0.251. The second-order valence-electron chi connectivity index (χ2n) is 3.78. The van der Waals surface area contributed by atoms with Gasteiger partial charge in [-0.1, -0.05) is 12.1 Å². The third kappa shape index (κ3) is 2.39. The van der Waals surface area contributed by atoms with Gasteiger partial charge in [-0.05, 0) is 19.1 Å². The van der Waals surface area contributed by atoms with Crippen LogP contribution >= 0.6 is 0 Å². The lowest BCUT2D eigenvalue weighted by atomic mass is 10.1. The van der Waals surface area contributed by atoms with Gasteiger partial charge in [0.15, 0.2) is 0 Å². The van der Waals surface area contributed by atoms with Gasteiger partial charge in [0, 0.05) is 0 Å². The highest BCUT2D eigenvalue weighted by Gasteiger charge is 2.16. The number of fused-ring (bicyclic) bond motifs is 1. The lowest BCUT2D eigenvalue weighted by Crippen LogP contribution is -2.26. The number of para-hydroxylation sites is 1. The number of hydrogen-bond acceptors (Lipinski definition) is 5. The Morgan fingerprint density at radius 1 is 1.42 bits per heavy atom. The fraction of sp³-hybridized carbons (Fsp3) is 0.0833. The van der Waals surface area contributed by atoms with Crippen LogP contribution in [0.25, 0.3) is 11.0 Å². The van der Waals surface area contributed by atoms with Crippen molar-refractivity contribution in [2.75, 3.05) is 0 Å². The topological polar surface area (TPSA) is 118 Å². The molecule has 4 N–H and O–H groups in total. The van der Waals surface area contributed by atoms with E-state index in [-0.39, 0.29) is 22.6 Å². The summed E-state index contributed by atoms with van der Waals surface area (Å²) >= 11 is 0. The summed E-state index contributed by atoms with van der Waals surface area (Å²) < 4.78 is 5.06. The van der Waals surface area contributed by atoms with Crippen LogP contribution in [0.15, 0.2) is 38.6 Å². The zero-order valence-corrected chi connectivity index (χ0v) is 10.0. The van der Waals surface area contributed by atoms with Crippen LogP contribution in [0.2, 0.25) is 0 Å². The number of carbonyl (C=O) groups is 1. The van der Waals surface area contributed by atoms with Gasteiger partial charge in [0.2, 0.25) is 0 Å². The Balaban J connectivity index is 2.64. The minimum absolute atomic E-state index is 0.0933. The van der Waals surface area contributed by atoms with Gasteiger partial charge in [-0.2, -0.15) is 5.10 Å². The molecule has 7 nitrogen and oxygen atoms in total. The number of nitrogens with zero attached hydrogens (tertiary/aromatic N) is 1. The number of nitrogens with two attached hydrogens (primary N) is 1. The predicted molar refractivity (Wildman–Crippen MR) is 69.1 cm³/mol. The Labute approximate surface area is 107 Å². The normalized spacial score (nSPS) is 11.5. The molecular weight excluding hydrogens is 250 g/mol. The molecule has 1 aromatic carbocycles. The fourth-order valence-electron chi connectivity index (χ4n) is 1.65. The van der Waals surface area contributed by atoms with Crippen molar-refractivity contribution in [1.82, 2.24) is 5.43 Å². The molecule has 0 spiro atoms. The van der Waals surface area contributed by atoms with Crippen LogP contribution in [0.1, 0.15) is 12.5 Å². The molecule has 98 valence electrons. The summed E-state index contributed by atoms with van der Waals surface area (Å²) in [4.78, 5) is 22.3. The number of rotatable bonds is 2. The molecule has 0 bridgehead atoms. The quantitative estimate of drug-likeness (QED) is 0.422. The summed E-state index contributed by atoms with van der Waals surface area (Å²) in [5, 5.41) is 14.1. The van der Waals surface area contributed by atoms with Crippen LogP contribution in [0, 0.1) is 0 Å². The highest BCUT2D eigenvalue weighted by Crippen LogP contribution is 2.26. The Hall–Kier alpha value is -2.83. The zero-order chi connectivity index (χ0) is 14.0. The number of carbonyl (C=O) groups excluding carboxylic acids is 1. The van der Waals surface area contributed by atoms with E-state index in [1.807, 2.05) is 5.43 Å². The number of benzene rings is 1. The molecule has 0 radical (unpaired) electrons. The largest absolute Gasteiger partial charge is 0.506 e. The highest BCUT2D eigenvalue weighted by atomic mass is 16.4. The standard InChI is InChI=1S/C12H11N3O4/c1-6(14-15-12(13)18)9-10(16)7-4-2-3-5-8(7)19-11(9)17/h2-5,16H,1H3,(H3,13,15,18). The number of urea groups is 1. The first-order valence-electron chi connectivity index (χ1n) is 5.35. The summed E-state index contributed by atoms with van der Waals surface area (Å²) in [6.07, 6.45) is 0. The summed E-state index contributed by atoms with van der Waals surface area (Å²) in [6.45, 7) is 1.44. The molecule has 0 aliphatic carbocycles. The maximum atomic E-state index is 11.8. The highest BCUT2D eigenvalue weighted by molar-refractivity contribution is 6.04. The van der Waals surface area contributed by atoms with Crippen molar-refractivity contribution < 1.29 is 14.3 Å². The third-order valence-corrected chi connectivity index (χ3v) is 2.48. The molecule has 0 aliphatic rings. The maximum Gasteiger partial charge on any atom is 0.349 e. The SMILES string of the molecule is CC(=NNC(N)=O)c1c(O)c2ccccc2oc1=O. The first kappa shape index (κ1) is 12.6. The maximum absolute atomic E-state index is 11.8. The number of amides is 2. The molecule has 0 fully saturated rings. The van der Waals surface area contributed by atoms with E-state index in [4.69, 9.17) is 10.2 Å². The lowest BCUT2D eigenvalue weighted by molar-refractivity contribution is 0.249. The van der Waals surface area contributed by atoms with Gasteiger partial charge in [0.05, 0.1) is 11.1 Å². The van der Waals surface area contributed by atoms with Gasteiger partial charge in [-0.25, -0.2) is 15.0 Å². The van der Waals surface area contributed by atoms with E-state index in [9.17, 15) is 14.7 Å². The first-order valence-corrected chi connectivity index (χ1v) is 5.35. The molecule has 2 aromatic rings. The average molecular weight is 261 g/mol. The number of primary amides is 1. The Kier molecular flexibility index (Phi) is 3.19. The van der Waals surface area contributed by atoms with Gasteiger partial charge < -0.3 is 15.3 Å². The molecule has 19 heavy (non-hydrogen) atoms. The Morgan fingerprint density at radius 2 is 2.11 bits per heavy atom. The number of nitrogens with one attached hydrogen (secondary N) is 1. The monoisotopic (exact) mass is 261 g/mol. The fourth-order valence-corrected chi connectivity index (χ4v) is 1.65. The number of hydrazone groups is 1. The van der Waals surface area contributed by atoms with E-state index in [1.165, 1.54) is 6.92 Å². The van der Waals surface area contributed by atoms with Crippen LogP contribution in [0.5, 0.6) is 5.75 Å². The van der Waals surface area contributed by atoms with Crippen molar-refractivity contribution >= 4 is 22.7 Å². The Bertz CT molecular complexity index is 733. The van der Waals surface area contributed by atoms with Gasteiger partial charge in [-0.3, -0.25) is 0 Å². The van der Waals surface area contributed by atoms with Gasteiger partial charge in [0.1, 0.15) is 16.9 Å². The molecular formula is C12H11N3O4. The molecule has 1 aromatic heterocycles. The summed E-state index contributed by atoms with van der Waals surface area (Å²) in [6, 6.07) is 5.67. The first-order chi connectivity index (χ1) is 9.00. The third-order valence-electron chi connectivity index (χ3n) is 2.48. The van der Waals surface area contributed by atoms with Gasteiger partial charge in [0.25, 0.3) is 0 Å². The van der Waals surface area contributed by atoms with Crippen molar-refractivity contribution in [2.24, 2.45) is 10.8 Å². The number of hydrogen-bond donors (Lipinski definition) is 3. The molecule has 2 rings (SSSR count). The van der Waals surface area contributed by atoms with Crippen molar-refractivity contribution in [3.63, 3.8) is 0 Å². The molecule has 0 saturated heterocycles. The van der Waals surface area contributed by atoms with E-state index < -0.39 is 11.7 Å². The predicted octanol–water partition coefficient (Wildman–Crippen LogP) is 0.891. The molecule has 7 heteroatoms. The van der Waals surface area contributed by atoms with Crippen LogP contribution < -0.4 is 16.8 Å². The van der Waals surface area contributed by atoms with Crippen molar-refractivity contribution in [1.29, 1.82) is 0 Å². The Morgan fingerprint density at radius 3 is 2.79 bits per heavy atom. The van der Waals surface area contributed by atoms with Crippen LogP contribution in [-0.2, 0) is 0 Å². The average Bonchev–Trinajstić information content (AvgIpc) is 2.36. The van der Waals surface area contributed by atoms with E-state index >= 15 is 0 Å². The van der Waals surface area contributed by atoms with Crippen molar-refractivity contribution in [2.45, 2.75) is 6.92 Å². The molecule has 2 amide bonds. The summed E-state index contributed by atoms with van der Waals surface area (Å²) in [5.41, 5.74) is 6.34. The minimum atomic E-state index is -0.871. The minimum Gasteiger partial charge on any atom is -0.506 e.